The van der Waals surface area contributed by atoms with Crippen molar-refractivity contribution in [1.29, 1.82) is 0 Å². The Morgan fingerprint density at radius 2 is 2.11 bits per heavy atom. The summed E-state index contributed by atoms with van der Waals surface area (Å²) < 4.78 is 46.7. The highest BCUT2D eigenvalue weighted by Gasteiger charge is 2.27. The molecule has 1 aliphatic rings. The van der Waals surface area contributed by atoms with Gasteiger partial charge in [-0.15, -0.1) is 24.0 Å². The van der Waals surface area contributed by atoms with Crippen LogP contribution in [0.4, 0.5) is 13.2 Å². The molecule has 1 N–H and O–H groups in total. The zero-order chi connectivity index (χ0) is 19.9. The molecule has 0 saturated carbocycles. The highest BCUT2D eigenvalue weighted by Crippen LogP contribution is 2.25. The van der Waals surface area contributed by atoms with E-state index in [9.17, 15) is 13.2 Å². The molecule has 28 heavy (non-hydrogen) atoms. The summed E-state index contributed by atoms with van der Waals surface area (Å²) >= 11 is 0. The number of aliphatic imine (C=N–C) groups is 1. The molecule has 5 nitrogen and oxygen atoms in total. The van der Waals surface area contributed by atoms with Gasteiger partial charge in [-0.25, -0.2) is 0 Å². The lowest BCUT2D eigenvalue weighted by Crippen LogP contribution is -2.48. The van der Waals surface area contributed by atoms with Gasteiger partial charge in [-0.2, -0.15) is 13.2 Å². The molecule has 0 aromatic heterocycles. The monoisotopic (exact) mass is 515 g/mol. The van der Waals surface area contributed by atoms with E-state index in [0.29, 0.717) is 32.7 Å². The average Bonchev–Trinajstić information content (AvgIpc) is 2.60. The van der Waals surface area contributed by atoms with Gasteiger partial charge in [0.2, 0.25) is 0 Å². The van der Waals surface area contributed by atoms with Crippen molar-refractivity contribution in [3.63, 3.8) is 0 Å². The molecule has 1 atom stereocenters. The number of hydrogen-bond donors (Lipinski definition) is 1. The highest BCUT2D eigenvalue weighted by atomic mass is 127. The first kappa shape index (κ1) is 25.0. The molecule has 1 aliphatic heterocycles. The number of morpholine rings is 1. The van der Waals surface area contributed by atoms with Gasteiger partial charge in [0, 0.05) is 26.7 Å². The SMILES string of the molecule is CN=C(NCCCOCC(F)(F)F)N1CCOC(c2ccc(C)cc2C)C1.I. The maximum absolute atomic E-state index is 12.0. The molecule has 1 fully saturated rings. The number of rotatable bonds is 6. The van der Waals surface area contributed by atoms with Gasteiger partial charge < -0.3 is 19.7 Å². The van der Waals surface area contributed by atoms with E-state index in [1.807, 2.05) is 0 Å². The molecule has 1 saturated heterocycles. The third-order valence-electron chi connectivity index (χ3n) is 4.36. The first-order chi connectivity index (χ1) is 12.8. The van der Waals surface area contributed by atoms with E-state index < -0.39 is 12.8 Å². The minimum absolute atomic E-state index is 0. The van der Waals surface area contributed by atoms with Gasteiger partial charge in [-0.3, -0.25) is 4.99 Å². The van der Waals surface area contributed by atoms with Crippen molar-refractivity contribution in [1.82, 2.24) is 10.2 Å². The van der Waals surface area contributed by atoms with E-state index in [4.69, 9.17) is 4.74 Å². The van der Waals surface area contributed by atoms with Crippen molar-refractivity contribution >= 4 is 29.9 Å². The van der Waals surface area contributed by atoms with Gasteiger partial charge in [0.05, 0.1) is 13.2 Å². The van der Waals surface area contributed by atoms with Crippen molar-refractivity contribution < 1.29 is 22.6 Å². The second-order valence-corrected chi connectivity index (χ2v) is 6.66. The Kier molecular flexibility index (Phi) is 10.5. The van der Waals surface area contributed by atoms with E-state index in [1.54, 1.807) is 7.05 Å². The van der Waals surface area contributed by atoms with E-state index in [1.165, 1.54) is 16.7 Å². The Morgan fingerprint density at radius 3 is 2.75 bits per heavy atom. The Labute approximate surface area is 181 Å². The number of aryl methyl sites for hydroxylation is 2. The largest absolute Gasteiger partial charge is 0.411 e. The van der Waals surface area contributed by atoms with Crippen molar-refractivity contribution in [3.05, 3.63) is 34.9 Å². The fourth-order valence-corrected chi connectivity index (χ4v) is 3.11. The summed E-state index contributed by atoms with van der Waals surface area (Å²) in [6.07, 6.45) is -3.84. The van der Waals surface area contributed by atoms with E-state index >= 15 is 0 Å². The lowest BCUT2D eigenvalue weighted by Gasteiger charge is -2.35. The maximum Gasteiger partial charge on any atom is 0.411 e. The minimum Gasteiger partial charge on any atom is -0.372 e. The highest BCUT2D eigenvalue weighted by molar-refractivity contribution is 14.0. The minimum atomic E-state index is -4.28. The van der Waals surface area contributed by atoms with Crippen LogP contribution in [0.3, 0.4) is 0 Å². The number of hydrogen-bond acceptors (Lipinski definition) is 3. The first-order valence-corrected chi connectivity index (χ1v) is 9.09. The standard InChI is InChI=1S/C19H28F3N3O2.HI/c1-14-5-6-16(15(2)11-14)17-12-25(8-10-27-17)18(23-3)24-7-4-9-26-13-19(20,21)22;/h5-6,11,17H,4,7-10,12-13H2,1-3H3,(H,23,24);1H. The van der Waals surface area contributed by atoms with Crippen LogP contribution in [0.15, 0.2) is 23.2 Å². The Balaban J connectivity index is 0.00000392. The number of benzene rings is 1. The van der Waals surface area contributed by atoms with Gasteiger partial charge in [0.1, 0.15) is 12.7 Å². The zero-order valence-electron chi connectivity index (χ0n) is 16.5. The molecule has 1 aromatic carbocycles. The van der Waals surface area contributed by atoms with Gasteiger partial charge >= 0.3 is 6.18 Å². The van der Waals surface area contributed by atoms with Gasteiger partial charge in [0.15, 0.2) is 5.96 Å². The molecule has 2 rings (SSSR count). The number of guanidine groups is 1. The molecule has 0 spiro atoms. The van der Waals surface area contributed by atoms with Crippen LogP contribution < -0.4 is 5.32 Å². The summed E-state index contributed by atoms with van der Waals surface area (Å²) in [5, 5.41) is 3.19. The zero-order valence-corrected chi connectivity index (χ0v) is 18.8. The van der Waals surface area contributed by atoms with Crippen LogP contribution in [-0.2, 0) is 9.47 Å². The van der Waals surface area contributed by atoms with Crippen LogP contribution >= 0.6 is 24.0 Å². The van der Waals surface area contributed by atoms with Crippen molar-refractivity contribution in [3.8, 4) is 0 Å². The normalized spacial score (nSPS) is 18.0. The van der Waals surface area contributed by atoms with Crippen molar-refractivity contribution in [2.24, 2.45) is 4.99 Å². The van der Waals surface area contributed by atoms with Crippen molar-refractivity contribution in [2.45, 2.75) is 32.5 Å². The Bertz CT molecular complexity index is 641. The average molecular weight is 515 g/mol. The summed E-state index contributed by atoms with van der Waals surface area (Å²) in [6, 6.07) is 6.33. The smallest absolute Gasteiger partial charge is 0.372 e. The van der Waals surface area contributed by atoms with Crippen LogP contribution in [0.1, 0.15) is 29.2 Å². The third kappa shape index (κ3) is 8.12. The topological polar surface area (TPSA) is 46.1 Å². The van der Waals surface area contributed by atoms with E-state index in [0.717, 1.165) is 5.96 Å². The molecule has 9 heteroatoms. The summed E-state index contributed by atoms with van der Waals surface area (Å²) in [6.45, 7) is 5.47. The van der Waals surface area contributed by atoms with Crippen LogP contribution in [0, 0.1) is 13.8 Å². The predicted octanol–water partition coefficient (Wildman–Crippen LogP) is 3.84. The second-order valence-electron chi connectivity index (χ2n) is 6.66. The summed E-state index contributed by atoms with van der Waals surface area (Å²) in [5.41, 5.74) is 3.59. The fourth-order valence-electron chi connectivity index (χ4n) is 3.11. The molecule has 1 unspecified atom stereocenters. The van der Waals surface area contributed by atoms with Gasteiger partial charge in [0.25, 0.3) is 0 Å². The molecule has 1 aromatic rings. The fraction of sp³-hybridized carbons (Fsp3) is 0.632. The van der Waals surface area contributed by atoms with Gasteiger partial charge in [-0.1, -0.05) is 23.8 Å². The maximum atomic E-state index is 12.0. The Morgan fingerprint density at radius 1 is 1.36 bits per heavy atom. The first-order valence-electron chi connectivity index (χ1n) is 9.09. The number of nitrogens with one attached hydrogen (secondary N) is 1. The summed E-state index contributed by atoms with van der Waals surface area (Å²) in [5.74, 6) is 0.726. The van der Waals surface area contributed by atoms with E-state index in [2.05, 4.69) is 52.0 Å². The van der Waals surface area contributed by atoms with Crippen LogP contribution in [0.5, 0.6) is 0 Å². The number of halogens is 4. The van der Waals surface area contributed by atoms with Crippen molar-refractivity contribution in [2.75, 3.05) is 46.5 Å². The molecule has 0 bridgehead atoms. The molecule has 1 heterocycles. The summed E-state index contributed by atoms with van der Waals surface area (Å²) in [7, 11) is 1.70. The van der Waals surface area contributed by atoms with Gasteiger partial charge in [-0.05, 0) is 31.4 Å². The molecular weight excluding hydrogens is 486 g/mol. The number of nitrogens with zero attached hydrogens (tertiary/aromatic N) is 2. The predicted molar refractivity (Wildman–Crippen MR) is 114 cm³/mol. The molecular formula is C19H29F3IN3O2. The van der Waals surface area contributed by atoms with E-state index in [-0.39, 0.29) is 36.7 Å². The quantitative estimate of drug-likeness (QED) is 0.271. The Hall–Kier alpha value is -1.07. The summed E-state index contributed by atoms with van der Waals surface area (Å²) in [4.78, 5) is 6.40. The number of ether oxygens (including phenoxy) is 2. The molecule has 0 aliphatic carbocycles. The van der Waals surface area contributed by atoms with Crippen LogP contribution in [-0.4, -0.2) is 63.5 Å². The number of alkyl halides is 3. The van der Waals surface area contributed by atoms with Crippen LogP contribution in [0.2, 0.25) is 0 Å². The third-order valence-corrected chi connectivity index (χ3v) is 4.36. The molecule has 160 valence electrons. The molecule has 0 radical (unpaired) electrons. The lowest BCUT2D eigenvalue weighted by atomic mass is 10.00. The second kappa shape index (κ2) is 11.8. The molecule has 0 amide bonds. The van der Waals surface area contributed by atoms with Crippen LogP contribution in [0.25, 0.3) is 0 Å². The lowest BCUT2D eigenvalue weighted by molar-refractivity contribution is -0.173.